The second-order valence-electron chi connectivity index (χ2n) is 5.00. The van der Waals surface area contributed by atoms with E-state index < -0.39 is 12.0 Å². The summed E-state index contributed by atoms with van der Waals surface area (Å²) in [4.78, 5) is 23.0. The Morgan fingerprint density at radius 3 is 2.50 bits per heavy atom. The number of halogens is 1. The van der Waals surface area contributed by atoms with Crippen molar-refractivity contribution in [2.45, 2.75) is 26.8 Å². The number of hydrogen-bond donors (Lipinski definition) is 3. The molecule has 1 atom stereocenters. The minimum Gasteiger partial charge on any atom is -0.478 e. The van der Waals surface area contributed by atoms with Crippen LogP contribution in [0.3, 0.4) is 0 Å². The Hall–Kier alpha value is -1.75. The van der Waals surface area contributed by atoms with Crippen molar-refractivity contribution in [3.05, 3.63) is 28.8 Å². The minimum atomic E-state index is -1.09. The van der Waals surface area contributed by atoms with Gasteiger partial charge in [-0.25, -0.2) is 4.79 Å². The van der Waals surface area contributed by atoms with Crippen LogP contribution in [0.15, 0.2) is 18.2 Å². The standard InChI is InChI=1S/C14H19ClN2O3/c1-8(2)7-16-13(18)9(3)17-12-5-4-10(15)6-11(12)14(19)20/h4-6,8-9,17H,7H2,1-3H3,(H,16,18)(H,19,20). The molecule has 0 spiro atoms. The van der Waals surface area contributed by atoms with Gasteiger partial charge in [0.05, 0.1) is 5.56 Å². The number of carboxylic acid groups (broad SMARTS) is 1. The predicted octanol–water partition coefficient (Wildman–Crippen LogP) is 2.61. The Kier molecular flexibility index (Phi) is 5.82. The van der Waals surface area contributed by atoms with Gasteiger partial charge in [0.15, 0.2) is 0 Å². The molecule has 0 aliphatic rings. The largest absolute Gasteiger partial charge is 0.478 e. The fourth-order valence-electron chi connectivity index (χ4n) is 1.58. The van der Waals surface area contributed by atoms with Crippen LogP contribution in [0.2, 0.25) is 5.02 Å². The van der Waals surface area contributed by atoms with Crippen molar-refractivity contribution in [2.24, 2.45) is 5.92 Å². The van der Waals surface area contributed by atoms with E-state index in [2.05, 4.69) is 10.6 Å². The van der Waals surface area contributed by atoms with Crippen molar-refractivity contribution in [1.82, 2.24) is 5.32 Å². The molecule has 1 unspecified atom stereocenters. The number of nitrogens with one attached hydrogen (secondary N) is 2. The van der Waals surface area contributed by atoms with Gasteiger partial charge in [-0.05, 0) is 31.0 Å². The zero-order valence-corrected chi connectivity index (χ0v) is 12.5. The molecular formula is C14H19ClN2O3. The van der Waals surface area contributed by atoms with Crippen molar-refractivity contribution in [3.8, 4) is 0 Å². The molecule has 5 nitrogen and oxygen atoms in total. The molecule has 0 aromatic heterocycles. The molecule has 1 amide bonds. The number of carbonyl (C=O) groups excluding carboxylic acids is 1. The molecule has 0 saturated heterocycles. The van der Waals surface area contributed by atoms with Crippen molar-refractivity contribution in [1.29, 1.82) is 0 Å². The number of rotatable bonds is 6. The van der Waals surface area contributed by atoms with Crippen LogP contribution in [-0.4, -0.2) is 29.6 Å². The van der Waals surface area contributed by atoms with Crippen LogP contribution in [0.5, 0.6) is 0 Å². The Balaban J connectivity index is 2.77. The molecule has 1 aromatic rings. The number of benzene rings is 1. The number of anilines is 1. The summed E-state index contributed by atoms with van der Waals surface area (Å²) in [7, 11) is 0. The highest BCUT2D eigenvalue weighted by Crippen LogP contribution is 2.21. The summed E-state index contributed by atoms with van der Waals surface area (Å²) in [6.07, 6.45) is 0. The number of amides is 1. The van der Waals surface area contributed by atoms with E-state index in [-0.39, 0.29) is 11.5 Å². The number of hydrogen-bond acceptors (Lipinski definition) is 3. The molecule has 0 heterocycles. The lowest BCUT2D eigenvalue weighted by atomic mass is 10.1. The van der Waals surface area contributed by atoms with E-state index in [1.165, 1.54) is 6.07 Å². The lowest BCUT2D eigenvalue weighted by Crippen LogP contribution is -2.39. The van der Waals surface area contributed by atoms with Crippen LogP contribution in [0, 0.1) is 5.92 Å². The number of carboxylic acids is 1. The third-order valence-electron chi connectivity index (χ3n) is 2.66. The summed E-state index contributed by atoms with van der Waals surface area (Å²) < 4.78 is 0. The molecule has 0 bridgehead atoms. The fourth-order valence-corrected chi connectivity index (χ4v) is 1.75. The predicted molar refractivity (Wildman–Crippen MR) is 79.3 cm³/mol. The van der Waals surface area contributed by atoms with Gasteiger partial charge in [0.2, 0.25) is 5.91 Å². The monoisotopic (exact) mass is 298 g/mol. The Morgan fingerprint density at radius 1 is 1.30 bits per heavy atom. The normalized spacial score (nSPS) is 12.1. The molecule has 110 valence electrons. The highest BCUT2D eigenvalue weighted by molar-refractivity contribution is 6.31. The van der Waals surface area contributed by atoms with E-state index in [4.69, 9.17) is 16.7 Å². The molecule has 20 heavy (non-hydrogen) atoms. The van der Waals surface area contributed by atoms with Crippen LogP contribution in [0.25, 0.3) is 0 Å². The Morgan fingerprint density at radius 2 is 1.95 bits per heavy atom. The van der Waals surface area contributed by atoms with Gasteiger partial charge in [-0.3, -0.25) is 4.79 Å². The van der Waals surface area contributed by atoms with Gasteiger partial charge >= 0.3 is 5.97 Å². The molecule has 3 N–H and O–H groups in total. The highest BCUT2D eigenvalue weighted by atomic mass is 35.5. The summed E-state index contributed by atoms with van der Waals surface area (Å²) in [5.74, 6) is -0.911. The van der Waals surface area contributed by atoms with E-state index in [0.29, 0.717) is 23.2 Å². The summed E-state index contributed by atoms with van der Waals surface area (Å²) in [5, 5.41) is 15.1. The van der Waals surface area contributed by atoms with Crippen LogP contribution >= 0.6 is 11.6 Å². The third-order valence-corrected chi connectivity index (χ3v) is 2.90. The molecule has 1 rings (SSSR count). The minimum absolute atomic E-state index is 0.0426. The molecule has 0 radical (unpaired) electrons. The lowest BCUT2D eigenvalue weighted by molar-refractivity contribution is -0.121. The van der Waals surface area contributed by atoms with Crippen molar-refractivity contribution >= 4 is 29.2 Å². The van der Waals surface area contributed by atoms with Gasteiger partial charge in [0.1, 0.15) is 6.04 Å². The van der Waals surface area contributed by atoms with E-state index in [0.717, 1.165) is 0 Å². The molecule has 0 saturated carbocycles. The summed E-state index contributed by atoms with van der Waals surface area (Å²) in [6.45, 7) is 6.26. The molecule has 6 heteroatoms. The molecule has 1 aromatic carbocycles. The van der Waals surface area contributed by atoms with Crippen molar-refractivity contribution in [3.63, 3.8) is 0 Å². The van der Waals surface area contributed by atoms with E-state index in [1.54, 1.807) is 19.1 Å². The first-order chi connectivity index (χ1) is 9.31. The molecular weight excluding hydrogens is 280 g/mol. The first kappa shape index (κ1) is 16.3. The Labute approximate surface area is 123 Å². The van der Waals surface area contributed by atoms with Crippen molar-refractivity contribution < 1.29 is 14.7 Å². The van der Waals surface area contributed by atoms with Crippen LogP contribution in [0.4, 0.5) is 5.69 Å². The van der Waals surface area contributed by atoms with Crippen LogP contribution in [0.1, 0.15) is 31.1 Å². The summed E-state index contributed by atoms with van der Waals surface area (Å²) in [6, 6.07) is 3.95. The second kappa shape index (κ2) is 7.14. The highest BCUT2D eigenvalue weighted by Gasteiger charge is 2.17. The second-order valence-corrected chi connectivity index (χ2v) is 5.44. The third kappa shape index (κ3) is 4.74. The van der Waals surface area contributed by atoms with E-state index in [9.17, 15) is 9.59 Å². The van der Waals surface area contributed by atoms with Gasteiger partial charge in [-0.2, -0.15) is 0 Å². The van der Waals surface area contributed by atoms with Gasteiger partial charge in [0, 0.05) is 17.3 Å². The first-order valence-corrected chi connectivity index (χ1v) is 6.76. The smallest absolute Gasteiger partial charge is 0.337 e. The number of aromatic carboxylic acids is 1. The van der Waals surface area contributed by atoms with Gasteiger partial charge < -0.3 is 15.7 Å². The van der Waals surface area contributed by atoms with E-state index in [1.807, 2.05) is 13.8 Å². The maximum Gasteiger partial charge on any atom is 0.337 e. The van der Waals surface area contributed by atoms with Crippen molar-refractivity contribution in [2.75, 3.05) is 11.9 Å². The zero-order chi connectivity index (χ0) is 15.3. The van der Waals surface area contributed by atoms with E-state index >= 15 is 0 Å². The lowest BCUT2D eigenvalue weighted by Gasteiger charge is -2.17. The maximum atomic E-state index is 11.9. The van der Waals surface area contributed by atoms with Crippen LogP contribution in [-0.2, 0) is 4.79 Å². The Bertz CT molecular complexity index is 503. The zero-order valence-electron chi connectivity index (χ0n) is 11.7. The summed E-state index contributed by atoms with van der Waals surface area (Å²) in [5.41, 5.74) is 0.412. The molecule has 0 aliphatic carbocycles. The maximum absolute atomic E-state index is 11.9. The topological polar surface area (TPSA) is 78.4 Å². The van der Waals surface area contributed by atoms with Gasteiger partial charge in [-0.15, -0.1) is 0 Å². The fraction of sp³-hybridized carbons (Fsp3) is 0.429. The quantitative estimate of drug-likeness (QED) is 0.754. The first-order valence-electron chi connectivity index (χ1n) is 6.38. The van der Waals surface area contributed by atoms with Gasteiger partial charge in [0.25, 0.3) is 0 Å². The average Bonchev–Trinajstić information content (AvgIpc) is 2.37. The summed E-state index contributed by atoms with van der Waals surface area (Å²) >= 11 is 5.77. The van der Waals surface area contributed by atoms with Gasteiger partial charge in [-0.1, -0.05) is 25.4 Å². The average molecular weight is 299 g/mol. The number of carbonyl (C=O) groups is 2. The molecule has 0 aliphatic heterocycles. The molecule has 0 fully saturated rings. The van der Waals surface area contributed by atoms with Crippen LogP contribution < -0.4 is 10.6 Å². The SMILES string of the molecule is CC(C)CNC(=O)C(C)Nc1ccc(Cl)cc1C(=O)O.